The molecule has 0 radical (unpaired) electrons. The molecular weight excluding hydrogens is 252 g/mol. The average Bonchev–Trinajstić information content (AvgIpc) is 2.48. The van der Waals surface area contributed by atoms with Crippen molar-refractivity contribution in [1.29, 1.82) is 0 Å². The highest BCUT2D eigenvalue weighted by Crippen LogP contribution is 2.21. The molecule has 4 heteroatoms. The third-order valence-corrected chi connectivity index (χ3v) is 3.01. The zero-order chi connectivity index (χ0) is 14.4. The van der Waals surface area contributed by atoms with E-state index in [4.69, 9.17) is 10.5 Å². The molecule has 20 heavy (non-hydrogen) atoms. The maximum absolute atomic E-state index is 12.1. The Morgan fingerprint density at radius 3 is 2.65 bits per heavy atom. The maximum Gasteiger partial charge on any atom is 0.255 e. The third-order valence-electron chi connectivity index (χ3n) is 3.01. The molecule has 0 aliphatic carbocycles. The third kappa shape index (κ3) is 3.51. The van der Waals surface area contributed by atoms with Gasteiger partial charge in [-0.1, -0.05) is 30.3 Å². The predicted molar refractivity (Wildman–Crippen MR) is 79.9 cm³/mol. The molecule has 2 rings (SSSR count). The van der Waals surface area contributed by atoms with Crippen molar-refractivity contribution in [3.8, 4) is 5.75 Å². The standard InChI is InChI=1S/C16H18N2O2/c1-20-15-11-13(17)7-8-14(15)16(19)18-10-9-12-5-3-2-4-6-12/h2-8,11H,9-10,17H2,1H3,(H,18,19). The molecule has 1 amide bonds. The van der Waals surface area contributed by atoms with Gasteiger partial charge in [0.25, 0.3) is 5.91 Å². The summed E-state index contributed by atoms with van der Waals surface area (Å²) in [6, 6.07) is 15.0. The topological polar surface area (TPSA) is 64.3 Å². The lowest BCUT2D eigenvalue weighted by Gasteiger charge is -2.10. The maximum atomic E-state index is 12.1. The van der Waals surface area contributed by atoms with E-state index in [1.54, 1.807) is 18.2 Å². The lowest BCUT2D eigenvalue weighted by atomic mass is 10.1. The Hall–Kier alpha value is -2.49. The van der Waals surface area contributed by atoms with Crippen LogP contribution in [-0.2, 0) is 6.42 Å². The highest BCUT2D eigenvalue weighted by molar-refractivity contribution is 5.97. The summed E-state index contributed by atoms with van der Waals surface area (Å²) in [5, 5.41) is 2.88. The van der Waals surface area contributed by atoms with Crippen LogP contribution in [0.5, 0.6) is 5.75 Å². The van der Waals surface area contributed by atoms with Crippen LogP contribution in [0.25, 0.3) is 0 Å². The van der Waals surface area contributed by atoms with E-state index in [1.807, 2.05) is 30.3 Å². The first-order valence-electron chi connectivity index (χ1n) is 6.46. The van der Waals surface area contributed by atoms with Gasteiger partial charge in [0.15, 0.2) is 0 Å². The van der Waals surface area contributed by atoms with Gasteiger partial charge in [-0.15, -0.1) is 0 Å². The lowest BCUT2D eigenvalue weighted by Crippen LogP contribution is -2.26. The summed E-state index contributed by atoms with van der Waals surface area (Å²) in [6.45, 7) is 0.580. The Morgan fingerprint density at radius 2 is 1.95 bits per heavy atom. The minimum absolute atomic E-state index is 0.155. The molecule has 0 fully saturated rings. The Bertz CT molecular complexity index is 582. The highest BCUT2D eigenvalue weighted by atomic mass is 16.5. The Kier molecular flexibility index (Phi) is 4.60. The first-order chi connectivity index (χ1) is 9.70. The SMILES string of the molecule is COc1cc(N)ccc1C(=O)NCCc1ccccc1. The molecule has 4 nitrogen and oxygen atoms in total. The van der Waals surface area contributed by atoms with Crippen LogP contribution in [0.15, 0.2) is 48.5 Å². The van der Waals surface area contributed by atoms with Gasteiger partial charge in [-0.2, -0.15) is 0 Å². The first-order valence-corrected chi connectivity index (χ1v) is 6.46. The molecule has 0 aliphatic heterocycles. The van der Waals surface area contributed by atoms with Gasteiger partial charge in [-0.3, -0.25) is 4.79 Å². The summed E-state index contributed by atoms with van der Waals surface area (Å²) in [6.07, 6.45) is 0.796. The number of nitrogens with two attached hydrogens (primary N) is 1. The zero-order valence-electron chi connectivity index (χ0n) is 11.4. The number of carbonyl (C=O) groups excluding carboxylic acids is 1. The number of ether oxygens (including phenoxy) is 1. The zero-order valence-corrected chi connectivity index (χ0v) is 11.4. The summed E-state index contributed by atoms with van der Waals surface area (Å²) in [5.41, 5.74) is 7.93. The molecule has 2 aromatic rings. The Morgan fingerprint density at radius 1 is 1.20 bits per heavy atom. The molecule has 0 atom stereocenters. The summed E-state index contributed by atoms with van der Waals surface area (Å²) in [7, 11) is 1.52. The number of amides is 1. The molecular formula is C16H18N2O2. The van der Waals surface area contributed by atoms with Gasteiger partial charge in [0.2, 0.25) is 0 Å². The minimum atomic E-state index is -0.155. The molecule has 104 valence electrons. The van der Waals surface area contributed by atoms with E-state index in [2.05, 4.69) is 5.32 Å². The van der Waals surface area contributed by atoms with E-state index in [1.165, 1.54) is 12.7 Å². The van der Waals surface area contributed by atoms with Gasteiger partial charge in [0.05, 0.1) is 12.7 Å². The van der Waals surface area contributed by atoms with Crippen LogP contribution < -0.4 is 15.8 Å². The van der Waals surface area contributed by atoms with E-state index in [0.717, 1.165) is 6.42 Å². The normalized spacial score (nSPS) is 10.1. The molecule has 0 bridgehead atoms. The fraction of sp³-hybridized carbons (Fsp3) is 0.188. The van der Waals surface area contributed by atoms with Crippen LogP contribution in [-0.4, -0.2) is 19.6 Å². The van der Waals surface area contributed by atoms with Crippen molar-refractivity contribution >= 4 is 11.6 Å². The molecule has 0 aromatic heterocycles. The quantitative estimate of drug-likeness (QED) is 0.819. The van der Waals surface area contributed by atoms with E-state index in [9.17, 15) is 4.79 Å². The number of nitrogens with one attached hydrogen (secondary N) is 1. The second-order valence-electron chi connectivity index (χ2n) is 4.45. The Labute approximate surface area is 118 Å². The van der Waals surface area contributed by atoms with Crippen LogP contribution in [0, 0.1) is 0 Å². The van der Waals surface area contributed by atoms with Gasteiger partial charge in [-0.05, 0) is 24.1 Å². The number of anilines is 1. The molecule has 0 saturated carbocycles. The number of hydrogen-bond acceptors (Lipinski definition) is 3. The number of rotatable bonds is 5. The van der Waals surface area contributed by atoms with Gasteiger partial charge in [0, 0.05) is 18.3 Å². The van der Waals surface area contributed by atoms with Crippen molar-refractivity contribution < 1.29 is 9.53 Å². The van der Waals surface area contributed by atoms with Crippen LogP contribution in [0.4, 0.5) is 5.69 Å². The van der Waals surface area contributed by atoms with Gasteiger partial charge in [0.1, 0.15) is 5.75 Å². The summed E-state index contributed by atoms with van der Waals surface area (Å²) < 4.78 is 5.17. The summed E-state index contributed by atoms with van der Waals surface area (Å²) in [5.74, 6) is 0.333. The lowest BCUT2D eigenvalue weighted by molar-refractivity contribution is 0.0951. The van der Waals surface area contributed by atoms with Crippen LogP contribution in [0.2, 0.25) is 0 Å². The van der Waals surface area contributed by atoms with Crippen LogP contribution in [0.1, 0.15) is 15.9 Å². The van der Waals surface area contributed by atoms with E-state index >= 15 is 0 Å². The van der Waals surface area contributed by atoms with Crippen LogP contribution in [0.3, 0.4) is 0 Å². The van der Waals surface area contributed by atoms with Crippen molar-refractivity contribution in [3.63, 3.8) is 0 Å². The predicted octanol–water partition coefficient (Wildman–Crippen LogP) is 2.25. The number of methoxy groups -OCH3 is 1. The Balaban J connectivity index is 1.95. The van der Waals surface area contributed by atoms with Crippen molar-refractivity contribution in [2.75, 3.05) is 19.4 Å². The average molecular weight is 270 g/mol. The van der Waals surface area contributed by atoms with Gasteiger partial charge in [-0.25, -0.2) is 0 Å². The molecule has 0 spiro atoms. The number of hydrogen-bond donors (Lipinski definition) is 2. The highest BCUT2D eigenvalue weighted by Gasteiger charge is 2.11. The fourth-order valence-electron chi connectivity index (χ4n) is 1.96. The number of nitrogen functional groups attached to an aromatic ring is 1. The van der Waals surface area contributed by atoms with Crippen LogP contribution >= 0.6 is 0 Å². The van der Waals surface area contributed by atoms with Crippen molar-refractivity contribution in [2.45, 2.75) is 6.42 Å². The van der Waals surface area contributed by atoms with E-state index in [-0.39, 0.29) is 5.91 Å². The monoisotopic (exact) mass is 270 g/mol. The van der Waals surface area contributed by atoms with Gasteiger partial charge < -0.3 is 15.8 Å². The van der Waals surface area contributed by atoms with E-state index < -0.39 is 0 Å². The second-order valence-corrected chi connectivity index (χ2v) is 4.45. The van der Waals surface area contributed by atoms with Crippen molar-refractivity contribution in [1.82, 2.24) is 5.32 Å². The molecule has 0 unspecified atom stereocenters. The molecule has 0 aliphatic rings. The molecule has 3 N–H and O–H groups in total. The smallest absolute Gasteiger partial charge is 0.255 e. The fourth-order valence-corrected chi connectivity index (χ4v) is 1.96. The summed E-state index contributed by atoms with van der Waals surface area (Å²) >= 11 is 0. The first kappa shape index (κ1) is 13.9. The molecule has 0 saturated heterocycles. The van der Waals surface area contributed by atoms with Crippen molar-refractivity contribution in [2.24, 2.45) is 0 Å². The largest absolute Gasteiger partial charge is 0.496 e. The van der Waals surface area contributed by atoms with Gasteiger partial charge >= 0.3 is 0 Å². The molecule has 2 aromatic carbocycles. The summed E-state index contributed by atoms with van der Waals surface area (Å²) in [4.78, 5) is 12.1. The second kappa shape index (κ2) is 6.61. The number of benzene rings is 2. The minimum Gasteiger partial charge on any atom is -0.496 e. The molecule has 0 heterocycles. The van der Waals surface area contributed by atoms with E-state index in [0.29, 0.717) is 23.5 Å². The number of carbonyl (C=O) groups is 1. The van der Waals surface area contributed by atoms with Crippen molar-refractivity contribution in [3.05, 3.63) is 59.7 Å².